The molecule has 0 saturated heterocycles. The van der Waals surface area contributed by atoms with Crippen LogP contribution in [0, 0.1) is 0 Å². The fraction of sp³-hybridized carbons (Fsp3) is 0.273. The van der Waals surface area contributed by atoms with Crippen LogP contribution in [0.1, 0.15) is 22.6 Å². The fourth-order valence-corrected chi connectivity index (χ4v) is 2.17. The van der Waals surface area contributed by atoms with E-state index in [9.17, 15) is 4.79 Å². The molecule has 0 amide bonds. The van der Waals surface area contributed by atoms with Gasteiger partial charge in [0.05, 0.1) is 11.0 Å². The van der Waals surface area contributed by atoms with Crippen LogP contribution in [0.5, 0.6) is 0 Å². The number of carbonyl (C=O) groups excluding carboxylic acids is 1. The molecule has 3 rings (SSSR count). The molecule has 1 aliphatic heterocycles. The second-order valence-electron chi connectivity index (χ2n) is 3.68. The van der Waals surface area contributed by atoms with E-state index in [1.165, 1.54) is 0 Å². The molecule has 0 radical (unpaired) electrons. The van der Waals surface area contributed by atoms with Crippen molar-refractivity contribution < 1.29 is 9.90 Å². The first kappa shape index (κ1) is 8.61. The van der Waals surface area contributed by atoms with Crippen molar-refractivity contribution in [2.45, 2.75) is 19.6 Å². The highest BCUT2D eigenvalue weighted by Gasteiger charge is 2.22. The van der Waals surface area contributed by atoms with Crippen LogP contribution in [0.2, 0.25) is 0 Å². The summed E-state index contributed by atoms with van der Waals surface area (Å²) in [7, 11) is 0. The Bertz CT molecular complexity index is 557. The van der Waals surface area contributed by atoms with Gasteiger partial charge in [0.25, 0.3) is 0 Å². The molecule has 0 fully saturated rings. The number of rotatable bonds is 1. The lowest BCUT2D eigenvalue weighted by molar-refractivity contribution is 0.0972. The van der Waals surface area contributed by atoms with Gasteiger partial charge in [-0.25, -0.2) is 4.98 Å². The van der Waals surface area contributed by atoms with Gasteiger partial charge in [0.1, 0.15) is 12.4 Å². The Balaban J connectivity index is 2.45. The molecule has 2 heterocycles. The number of aliphatic hydroxyl groups excluding tert-OH is 1. The molecular weight excluding hydrogens is 192 g/mol. The molecule has 0 saturated carbocycles. The van der Waals surface area contributed by atoms with E-state index in [1.54, 1.807) is 0 Å². The van der Waals surface area contributed by atoms with Gasteiger partial charge in [-0.1, -0.05) is 6.07 Å². The minimum absolute atomic E-state index is 0.0810. The van der Waals surface area contributed by atoms with E-state index in [0.717, 1.165) is 16.6 Å². The Labute approximate surface area is 86.2 Å². The molecule has 0 spiro atoms. The van der Waals surface area contributed by atoms with E-state index in [-0.39, 0.29) is 12.4 Å². The van der Waals surface area contributed by atoms with Crippen molar-refractivity contribution in [3.63, 3.8) is 0 Å². The first-order valence-corrected chi connectivity index (χ1v) is 4.93. The molecular formula is C11H10N2O2. The average Bonchev–Trinajstić information content (AvgIpc) is 2.63. The monoisotopic (exact) mass is 202 g/mol. The topological polar surface area (TPSA) is 55.1 Å². The van der Waals surface area contributed by atoms with Crippen molar-refractivity contribution in [1.82, 2.24) is 9.55 Å². The van der Waals surface area contributed by atoms with Crippen molar-refractivity contribution in [3.05, 3.63) is 29.6 Å². The summed E-state index contributed by atoms with van der Waals surface area (Å²) in [6.07, 6.45) is 0.496. The third-order valence-electron chi connectivity index (χ3n) is 2.85. The predicted molar refractivity (Wildman–Crippen MR) is 54.6 cm³/mol. The predicted octanol–water partition coefficient (Wildman–Crippen LogP) is 1.11. The third-order valence-corrected chi connectivity index (χ3v) is 2.85. The molecule has 1 aromatic heterocycles. The molecule has 1 aromatic carbocycles. The Morgan fingerprint density at radius 2 is 2.33 bits per heavy atom. The van der Waals surface area contributed by atoms with Crippen LogP contribution < -0.4 is 0 Å². The number of para-hydroxylation sites is 1. The highest BCUT2D eigenvalue weighted by atomic mass is 16.3. The smallest absolute Gasteiger partial charge is 0.166 e. The Morgan fingerprint density at radius 1 is 1.47 bits per heavy atom. The summed E-state index contributed by atoms with van der Waals surface area (Å²) in [5.41, 5.74) is 2.40. The summed E-state index contributed by atoms with van der Waals surface area (Å²) in [6.45, 7) is 0.546. The van der Waals surface area contributed by atoms with E-state index in [2.05, 4.69) is 4.98 Å². The Kier molecular flexibility index (Phi) is 1.67. The lowest BCUT2D eigenvalue weighted by atomic mass is 10.0. The Hall–Kier alpha value is -1.68. The van der Waals surface area contributed by atoms with Crippen LogP contribution in [-0.2, 0) is 13.2 Å². The van der Waals surface area contributed by atoms with Crippen LogP contribution in [0.4, 0.5) is 0 Å². The number of carbonyl (C=O) groups is 1. The maximum absolute atomic E-state index is 11.7. The molecule has 1 aliphatic rings. The summed E-state index contributed by atoms with van der Waals surface area (Å²) in [6, 6.07) is 5.52. The standard InChI is InChI=1S/C11H10N2O2/c14-6-10-12-8-3-1-2-7-9(15)4-5-13(10)11(7)8/h1-3,14H,4-6H2. The number of aryl methyl sites for hydroxylation is 1. The molecule has 15 heavy (non-hydrogen) atoms. The molecule has 4 nitrogen and oxygen atoms in total. The molecule has 1 N–H and O–H groups in total. The zero-order valence-electron chi connectivity index (χ0n) is 8.10. The highest BCUT2D eigenvalue weighted by Crippen LogP contribution is 2.26. The maximum atomic E-state index is 11.7. The summed E-state index contributed by atoms with van der Waals surface area (Å²) < 4.78 is 1.94. The molecule has 76 valence electrons. The van der Waals surface area contributed by atoms with Crippen molar-refractivity contribution in [3.8, 4) is 0 Å². The minimum atomic E-state index is -0.0810. The number of aromatic nitrogens is 2. The van der Waals surface area contributed by atoms with E-state index < -0.39 is 0 Å². The highest BCUT2D eigenvalue weighted by molar-refractivity contribution is 6.07. The first-order valence-electron chi connectivity index (χ1n) is 4.93. The van der Waals surface area contributed by atoms with Crippen LogP contribution in [0.3, 0.4) is 0 Å². The second-order valence-corrected chi connectivity index (χ2v) is 3.68. The fourth-order valence-electron chi connectivity index (χ4n) is 2.17. The average molecular weight is 202 g/mol. The number of benzene rings is 1. The number of nitrogens with zero attached hydrogens (tertiary/aromatic N) is 2. The van der Waals surface area contributed by atoms with E-state index in [4.69, 9.17) is 5.11 Å². The second kappa shape index (κ2) is 2.90. The number of hydrogen-bond acceptors (Lipinski definition) is 3. The third kappa shape index (κ3) is 1.05. The molecule has 0 aliphatic carbocycles. The van der Waals surface area contributed by atoms with Gasteiger partial charge in [-0.15, -0.1) is 0 Å². The van der Waals surface area contributed by atoms with Crippen LogP contribution in [0.15, 0.2) is 18.2 Å². The Morgan fingerprint density at radius 3 is 3.13 bits per heavy atom. The molecule has 2 aromatic rings. The normalized spacial score (nSPS) is 14.9. The molecule has 4 heteroatoms. The van der Waals surface area contributed by atoms with Crippen molar-refractivity contribution in [2.24, 2.45) is 0 Å². The van der Waals surface area contributed by atoms with Gasteiger partial charge in [-0.2, -0.15) is 0 Å². The zero-order chi connectivity index (χ0) is 10.4. The number of Topliss-reactive ketones (excluding diaryl/α,β-unsaturated/α-hetero) is 1. The largest absolute Gasteiger partial charge is 0.388 e. The minimum Gasteiger partial charge on any atom is -0.388 e. The number of imidazole rings is 1. The van der Waals surface area contributed by atoms with Gasteiger partial charge in [-0.05, 0) is 12.1 Å². The number of ketones is 1. The number of aliphatic hydroxyl groups is 1. The number of hydrogen-bond donors (Lipinski definition) is 1. The first-order chi connectivity index (χ1) is 7.31. The van der Waals surface area contributed by atoms with Crippen molar-refractivity contribution >= 4 is 16.8 Å². The lowest BCUT2D eigenvalue weighted by Crippen LogP contribution is -2.15. The van der Waals surface area contributed by atoms with E-state index in [1.807, 2.05) is 22.8 Å². The SMILES string of the molecule is O=C1CCn2c(CO)nc3cccc1c32. The van der Waals surface area contributed by atoms with Gasteiger partial charge in [0, 0.05) is 18.5 Å². The van der Waals surface area contributed by atoms with Crippen molar-refractivity contribution in [1.29, 1.82) is 0 Å². The summed E-state index contributed by atoms with van der Waals surface area (Å²) in [5, 5.41) is 9.16. The molecule has 0 unspecified atom stereocenters. The zero-order valence-corrected chi connectivity index (χ0v) is 8.10. The summed E-state index contributed by atoms with van der Waals surface area (Å²) in [5.74, 6) is 0.808. The maximum Gasteiger partial charge on any atom is 0.166 e. The molecule has 0 bridgehead atoms. The lowest BCUT2D eigenvalue weighted by Gasteiger charge is -2.14. The summed E-state index contributed by atoms with van der Waals surface area (Å²) >= 11 is 0. The van der Waals surface area contributed by atoms with E-state index >= 15 is 0 Å². The van der Waals surface area contributed by atoms with Crippen LogP contribution in [0.25, 0.3) is 11.0 Å². The summed E-state index contributed by atoms with van der Waals surface area (Å²) in [4.78, 5) is 16.0. The van der Waals surface area contributed by atoms with E-state index in [0.29, 0.717) is 18.8 Å². The van der Waals surface area contributed by atoms with Gasteiger partial charge in [0.2, 0.25) is 0 Å². The molecule has 0 atom stereocenters. The van der Waals surface area contributed by atoms with Crippen molar-refractivity contribution in [2.75, 3.05) is 0 Å². The van der Waals surface area contributed by atoms with Crippen LogP contribution in [-0.4, -0.2) is 20.4 Å². The van der Waals surface area contributed by atoms with Gasteiger partial charge >= 0.3 is 0 Å². The van der Waals surface area contributed by atoms with Gasteiger partial charge < -0.3 is 9.67 Å². The van der Waals surface area contributed by atoms with Gasteiger partial charge in [0.15, 0.2) is 5.78 Å². The van der Waals surface area contributed by atoms with Gasteiger partial charge in [-0.3, -0.25) is 4.79 Å². The quantitative estimate of drug-likeness (QED) is 0.753. The van der Waals surface area contributed by atoms with Crippen LogP contribution >= 0.6 is 0 Å².